The molecule has 0 radical (unpaired) electrons. The van der Waals surface area contributed by atoms with Crippen LogP contribution in [0.2, 0.25) is 0 Å². The standard InChI is InChI=1S/C12H15FN4/c1-9-7-16-17(8-9)5-4-15-12-6-10(13)2-3-11(12)14/h2-3,6-8,15H,4-5,14H2,1H3. The van der Waals surface area contributed by atoms with Crippen LogP contribution in [0.5, 0.6) is 0 Å². The molecule has 0 amide bonds. The van der Waals surface area contributed by atoms with Gasteiger partial charge in [-0.05, 0) is 30.7 Å². The summed E-state index contributed by atoms with van der Waals surface area (Å²) < 4.78 is 14.8. The lowest BCUT2D eigenvalue weighted by molar-refractivity contribution is 0.625. The van der Waals surface area contributed by atoms with Gasteiger partial charge in [-0.15, -0.1) is 0 Å². The molecule has 0 saturated heterocycles. The lowest BCUT2D eigenvalue weighted by atomic mass is 10.2. The Morgan fingerprint density at radius 1 is 1.47 bits per heavy atom. The molecule has 0 spiro atoms. The van der Waals surface area contributed by atoms with Gasteiger partial charge < -0.3 is 11.1 Å². The van der Waals surface area contributed by atoms with E-state index in [1.807, 2.05) is 17.8 Å². The van der Waals surface area contributed by atoms with Gasteiger partial charge in [-0.25, -0.2) is 4.39 Å². The van der Waals surface area contributed by atoms with Gasteiger partial charge in [-0.1, -0.05) is 0 Å². The van der Waals surface area contributed by atoms with Gasteiger partial charge in [0, 0.05) is 12.7 Å². The highest BCUT2D eigenvalue weighted by atomic mass is 19.1. The van der Waals surface area contributed by atoms with Crippen molar-refractivity contribution < 1.29 is 4.39 Å². The molecule has 0 bridgehead atoms. The largest absolute Gasteiger partial charge is 0.397 e. The zero-order valence-electron chi connectivity index (χ0n) is 9.65. The average Bonchev–Trinajstić information content (AvgIpc) is 2.69. The molecule has 1 aromatic heterocycles. The summed E-state index contributed by atoms with van der Waals surface area (Å²) in [5.74, 6) is -0.295. The van der Waals surface area contributed by atoms with Crippen molar-refractivity contribution in [3.8, 4) is 0 Å². The van der Waals surface area contributed by atoms with E-state index in [0.29, 0.717) is 24.5 Å². The second-order valence-electron chi connectivity index (χ2n) is 3.94. The summed E-state index contributed by atoms with van der Waals surface area (Å²) in [6, 6.07) is 4.29. The third kappa shape index (κ3) is 2.96. The summed E-state index contributed by atoms with van der Waals surface area (Å²) >= 11 is 0. The maximum absolute atomic E-state index is 13.0. The Balaban J connectivity index is 1.91. The lowest BCUT2D eigenvalue weighted by Crippen LogP contribution is -2.12. The molecule has 0 aliphatic heterocycles. The average molecular weight is 234 g/mol. The molecular weight excluding hydrogens is 219 g/mol. The van der Waals surface area contributed by atoms with Gasteiger partial charge in [0.15, 0.2) is 0 Å². The topological polar surface area (TPSA) is 55.9 Å². The number of nitrogen functional groups attached to an aromatic ring is 1. The Labute approximate surface area is 99.2 Å². The van der Waals surface area contributed by atoms with E-state index in [4.69, 9.17) is 5.73 Å². The molecule has 2 rings (SSSR count). The van der Waals surface area contributed by atoms with Crippen molar-refractivity contribution in [1.29, 1.82) is 0 Å². The molecule has 0 unspecified atom stereocenters. The molecule has 2 aromatic rings. The van der Waals surface area contributed by atoms with Crippen LogP contribution in [0, 0.1) is 12.7 Å². The second kappa shape index (κ2) is 4.86. The van der Waals surface area contributed by atoms with E-state index < -0.39 is 0 Å². The zero-order valence-corrected chi connectivity index (χ0v) is 9.65. The van der Waals surface area contributed by atoms with Crippen LogP contribution in [-0.4, -0.2) is 16.3 Å². The van der Waals surface area contributed by atoms with Crippen LogP contribution >= 0.6 is 0 Å². The first-order valence-electron chi connectivity index (χ1n) is 5.43. The number of hydrogen-bond acceptors (Lipinski definition) is 3. The number of nitrogens with one attached hydrogen (secondary N) is 1. The highest BCUT2D eigenvalue weighted by Gasteiger charge is 2.00. The van der Waals surface area contributed by atoms with E-state index in [-0.39, 0.29) is 5.82 Å². The monoisotopic (exact) mass is 234 g/mol. The molecule has 17 heavy (non-hydrogen) atoms. The van der Waals surface area contributed by atoms with E-state index >= 15 is 0 Å². The molecular formula is C12H15FN4. The Bertz CT molecular complexity index is 507. The molecule has 4 nitrogen and oxygen atoms in total. The normalized spacial score (nSPS) is 10.5. The van der Waals surface area contributed by atoms with Gasteiger partial charge in [-0.3, -0.25) is 4.68 Å². The van der Waals surface area contributed by atoms with Crippen LogP contribution < -0.4 is 11.1 Å². The molecule has 0 saturated carbocycles. The SMILES string of the molecule is Cc1cnn(CCNc2cc(F)ccc2N)c1. The van der Waals surface area contributed by atoms with Gasteiger partial charge in [0.2, 0.25) is 0 Å². The van der Waals surface area contributed by atoms with Crippen molar-refractivity contribution in [3.05, 3.63) is 42.0 Å². The summed E-state index contributed by atoms with van der Waals surface area (Å²) in [7, 11) is 0. The van der Waals surface area contributed by atoms with Crippen LogP contribution in [0.3, 0.4) is 0 Å². The van der Waals surface area contributed by atoms with Gasteiger partial charge >= 0.3 is 0 Å². The third-order valence-electron chi connectivity index (χ3n) is 2.43. The quantitative estimate of drug-likeness (QED) is 0.796. The minimum absolute atomic E-state index is 0.295. The molecule has 3 N–H and O–H groups in total. The molecule has 1 heterocycles. The first-order valence-corrected chi connectivity index (χ1v) is 5.43. The van der Waals surface area contributed by atoms with Gasteiger partial charge in [0.05, 0.1) is 24.1 Å². The van der Waals surface area contributed by atoms with Crippen molar-refractivity contribution >= 4 is 11.4 Å². The molecule has 5 heteroatoms. The summed E-state index contributed by atoms with van der Waals surface area (Å²) in [5, 5.41) is 7.24. The summed E-state index contributed by atoms with van der Waals surface area (Å²) in [6.45, 7) is 3.35. The maximum Gasteiger partial charge on any atom is 0.125 e. The number of aryl methyl sites for hydroxylation is 1. The van der Waals surface area contributed by atoms with E-state index in [0.717, 1.165) is 5.56 Å². The molecule has 0 aliphatic rings. The number of hydrogen-bond donors (Lipinski definition) is 2. The predicted octanol–water partition coefficient (Wildman–Crippen LogP) is 2.02. The van der Waals surface area contributed by atoms with Gasteiger partial charge in [0.1, 0.15) is 5.82 Å². The van der Waals surface area contributed by atoms with Gasteiger partial charge in [-0.2, -0.15) is 5.10 Å². The van der Waals surface area contributed by atoms with Crippen molar-refractivity contribution in [1.82, 2.24) is 9.78 Å². The molecule has 0 aliphatic carbocycles. The Morgan fingerprint density at radius 2 is 2.29 bits per heavy atom. The number of aromatic nitrogens is 2. The molecule has 0 atom stereocenters. The van der Waals surface area contributed by atoms with E-state index in [2.05, 4.69) is 10.4 Å². The number of nitrogens with two attached hydrogens (primary N) is 1. The third-order valence-corrected chi connectivity index (χ3v) is 2.43. The van der Waals surface area contributed by atoms with E-state index in [9.17, 15) is 4.39 Å². The fourth-order valence-corrected chi connectivity index (χ4v) is 1.58. The van der Waals surface area contributed by atoms with Crippen LogP contribution in [0.1, 0.15) is 5.56 Å². The van der Waals surface area contributed by atoms with Crippen LogP contribution in [0.4, 0.5) is 15.8 Å². The number of nitrogens with zero attached hydrogens (tertiary/aromatic N) is 2. The summed E-state index contributed by atoms with van der Waals surface area (Å²) in [5.41, 5.74) is 8.01. The summed E-state index contributed by atoms with van der Waals surface area (Å²) in [6.07, 6.45) is 3.76. The van der Waals surface area contributed by atoms with Crippen molar-refractivity contribution in [3.63, 3.8) is 0 Å². The molecule has 90 valence electrons. The Morgan fingerprint density at radius 3 is 3.00 bits per heavy atom. The number of halogens is 1. The highest BCUT2D eigenvalue weighted by Crippen LogP contribution is 2.18. The van der Waals surface area contributed by atoms with Crippen LogP contribution in [0.25, 0.3) is 0 Å². The first kappa shape index (κ1) is 11.4. The zero-order chi connectivity index (χ0) is 12.3. The van der Waals surface area contributed by atoms with Crippen molar-refractivity contribution in [2.75, 3.05) is 17.6 Å². The van der Waals surface area contributed by atoms with E-state index in [1.165, 1.54) is 12.1 Å². The van der Waals surface area contributed by atoms with E-state index in [1.54, 1.807) is 12.3 Å². The minimum Gasteiger partial charge on any atom is -0.397 e. The fraction of sp³-hybridized carbons (Fsp3) is 0.250. The van der Waals surface area contributed by atoms with Crippen molar-refractivity contribution in [2.24, 2.45) is 0 Å². The molecule has 0 fully saturated rings. The number of anilines is 2. The molecule has 1 aromatic carbocycles. The summed E-state index contributed by atoms with van der Waals surface area (Å²) in [4.78, 5) is 0. The highest BCUT2D eigenvalue weighted by molar-refractivity contribution is 5.65. The Hall–Kier alpha value is -2.04. The van der Waals surface area contributed by atoms with Gasteiger partial charge in [0.25, 0.3) is 0 Å². The maximum atomic E-state index is 13.0. The fourth-order valence-electron chi connectivity index (χ4n) is 1.58. The smallest absolute Gasteiger partial charge is 0.125 e. The number of rotatable bonds is 4. The number of benzene rings is 1. The van der Waals surface area contributed by atoms with Crippen LogP contribution in [-0.2, 0) is 6.54 Å². The van der Waals surface area contributed by atoms with Crippen LogP contribution in [0.15, 0.2) is 30.6 Å². The minimum atomic E-state index is -0.295. The lowest BCUT2D eigenvalue weighted by Gasteiger charge is -2.09. The first-order chi connectivity index (χ1) is 8.15. The predicted molar refractivity (Wildman–Crippen MR) is 66.3 cm³/mol. The second-order valence-corrected chi connectivity index (χ2v) is 3.94. The van der Waals surface area contributed by atoms with Crippen molar-refractivity contribution in [2.45, 2.75) is 13.5 Å². The Kier molecular flexibility index (Phi) is 3.27.